The topological polar surface area (TPSA) is 49.4 Å². The Bertz CT molecular complexity index is 854. The number of hydrogen-bond acceptors (Lipinski definition) is 3. The van der Waals surface area contributed by atoms with Crippen LogP contribution in [0.15, 0.2) is 59.5 Å². The molecule has 0 aliphatic heterocycles. The maximum Gasteiger partial charge on any atom is 0.243 e. The molecule has 0 bridgehead atoms. The van der Waals surface area contributed by atoms with Crippen molar-refractivity contribution < 1.29 is 9.59 Å². The number of amides is 2. The molecule has 0 heterocycles. The lowest BCUT2D eigenvalue weighted by atomic mass is 10.1. The Morgan fingerprint density at radius 1 is 1.09 bits per heavy atom. The SMILES string of the molecule is CC[C@@H](C(=O)NC1CCCC1)N(CCc1ccccc1)C(=O)CCSc1ccc(Cl)cc1. The van der Waals surface area contributed by atoms with E-state index in [-0.39, 0.29) is 17.9 Å². The minimum absolute atomic E-state index is 0.00818. The first-order chi connectivity index (χ1) is 15.6. The number of carbonyl (C=O) groups is 2. The van der Waals surface area contributed by atoms with Crippen molar-refractivity contribution in [3.8, 4) is 0 Å². The van der Waals surface area contributed by atoms with Crippen molar-refractivity contribution in [3.63, 3.8) is 0 Å². The lowest BCUT2D eigenvalue weighted by Crippen LogP contribution is -2.51. The number of benzene rings is 2. The highest BCUT2D eigenvalue weighted by Crippen LogP contribution is 2.22. The molecular weight excluding hydrogens is 440 g/mol. The molecule has 1 aliphatic carbocycles. The fraction of sp³-hybridized carbons (Fsp3) is 0.462. The number of rotatable bonds is 11. The average Bonchev–Trinajstić information content (AvgIpc) is 3.31. The fourth-order valence-electron chi connectivity index (χ4n) is 4.19. The van der Waals surface area contributed by atoms with Gasteiger partial charge in [0.05, 0.1) is 0 Å². The van der Waals surface area contributed by atoms with Gasteiger partial charge in [-0.3, -0.25) is 9.59 Å². The molecule has 172 valence electrons. The van der Waals surface area contributed by atoms with Crippen molar-refractivity contribution >= 4 is 35.2 Å². The summed E-state index contributed by atoms with van der Waals surface area (Å²) in [5.74, 6) is 0.699. The molecule has 0 unspecified atom stereocenters. The highest BCUT2D eigenvalue weighted by molar-refractivity contribution is 7.99. The second-order valence-electron chi connectivity index (χ2n) is 8.29. The Hall–Kier alpha value is -1.98. The van der Waals surface area contributed by atoms with E-state index in [1.807, 2.05) is 49.4 Å². The van der Waals surface area contributed by atoms with Crippen LogP contribution in [0.4, 0.5) is 0 Å². The smallest absolute Gasteiger partial charge is 0.243 e. The van der Waals surface area contributed by atoms with E-state index in [1.165, 1.54) is 18.4 Å². The second-order valence-corrected chi connectivity index (χ2v) is 9.89. The minimum Gasteiger partial charge on any atom is -0.352 e. The number of hydrogen-bond donors (Lipinski definition) is 1. The number of nitrogens with zero attached hydrogens (tertiary/aromatic N) is 1. The number of nitrogens with one attached hydrogen (secondary N) is 1. The van der Waals surface area contributed by atoms with Crippen molar-refractivity contribution in [2.75, 3.05) is 12.3 Å². The van der Waals surface area contributed by atoms with E-state index in [9.17, 15) is 9.59 Å². The van der Waals surface area contributed by atoms with Gasteiger partial charge in [0.15, 0.2) is 0 Å². The van der Waals surface area contributed by atoms with Crippen LogP contribution in [0.5, 0.6) is 0 Å². The number of carbonyl (C=O) groups excluding carboxylic acids is 2. The molecule has 0 radical (unpaired) electrons. The van der Waals surface area contributed by atoms with E-state index in [4.69, 9.17) is 11.6 Å². The van der Waals surface area contributed by atoms with Gasteiger partial charge >= 0.3 is 0 Å². The van der Waals surface area contributed by atoms with Crippen molar-refractivity contribution in [2.45, 2.75) is 68.8 Å². The number of halogens is 1. The summed E-state index contributed by atoms with van der Waals surface area (Å²) in [5, 5.41) is 3.91. The summed E-state index contributed by atoms with van der Waals surface area (Å²) in [6.07, 6.45) is 6.17. The normalized spacial score (nSPS) is 14.8. The summed E-state index contributed by atoms with van der Waals surface area (Å²) in [6, 6.07) is 17.6. The zero-order chi connectivity index (χ0) is 22.8. The monoisotopic (exact) mass is 472 g/mol. The highest BCUT2D eigenvalue weighted by Gasteiger charge is 2.30. The first-order valence-electron chi connectivity index (χ1n) is 11.6. The molecule has 4 nitrogen and oxygen atoms in total. The molecule has 2 amide bonds. The Balaban J connectivity index is 1.63. The Morgan fingerprint density at radius 3 is 2.44 bits per heavy atom. The lowest BCUT2D eigenvalue weighted by molar-refractivity contribution is -0.140. The minimum atomic E-state index is -0.424. The van der Waals surface area contributed by atoms with Gasteiger partial charge in [0, 0.05) is 34.7 Å². The predicted octanol–water partition coefficient (Wildman–Crippen LogP) is 5.73. The summed E-state index contributed by atoms with van der Waals surface area (Å²) in [6.45, 7) is 2.54. The predicted molar refractivity (Wildman–Crippen MR) is 133 cm³/mol. The van der Waals surface area contributed by atoms with E-state index in [1.54, 1.807) is 16.7 Å². The van der Waals surface area contributed by atoms with Gasteiger partial charge in [-0.2, -0.15) is 0 Å². The van der Waals surface area contributed by atoms with E-state index < -0.39 is 6.04 Å². The van der Waals surface area contributed by atoms with E-state index in [0.29, 0.717) is 30.2 Å². The van der Waals surface area contributed by atoms with Crippen LogP contribution in [0.3, 0.4) is 0 Å². The molecule has 0 aromatic heterocycles. The molecule has 3 rings (SSSR count). The van der Waals surface area contributed by atoms with Crippen molar-refractivity contribution in [3.05, 3.63) is 65.2 Å². The highest BCUT2D eigenvalue weighted by atomic mass is 35.5. The molecule has 2 aromatic rings. The summed E-state index contributed by atoms with van der Waals surface area (Å²) < 4.78 is 0. The summed E-state index contributed by atoms with van der Waals surface area (Å²) in [4.78, 5) is 29.2. The first kappa shape index (κ1) is 24.7. The Morgan fingerprint density at radius 2 is 1.78 bits per heavy atom. The van der Waals surface area contributed by atoms with Crippen LogP contribution in [0, 0.1) is 0 Å². The standard InChI is InChI=1S/C26H33ClN2O2S/c1-2-24(26(31)28-22-10-6-7-11-22)29(18-16-20-8-4-3-5-9-20)25(30)17-19-32-23-14-12-21(27)13-15-23/h3-5,8-9,12-15,22,24H,2,6-7,10-11,16-19H2,1H3,(H,28,31)/t24-/m0/s1. The van der Waals surface area contributed by atoms with Crippen LogP contribution in [0.25, 0.3) is 0 Å². The van der Waals surface area contributed by atoms with E-state index in [2.05, 4.69) is 17.4 Å². The van der Waals surface area contributed by atoms with Gasteiger partial charge in [-0.05, 0) is 55.5 Å². The third kappa shape index (κ3) is 7.56. The van der Waals surface area contributed by atoms with Gasteiger partial charge in [0.25, 0.3) is 0 Å². The number of thioether (sulfide) groups is 1. The van der Waals surface area contributed by atoms with Crippen molar-refractivity contribution in [1.29, 1.82) is 0 Å². The van der Waals surface area contributed by atoms with Crippen LogP contribution in [0.2, 0.25) is 5.02 Å². The Labute approximate surface area is 201 Å². The fourth-order valence-corrected chi connectivity index (χ4v) is 5.16. The molecule has 0 saturated heterocycles. The lowest BCUT2D eigenvalue weighted by Gasteiger charge is -2.31. The van der Waals surface area contributed by atoms with Gasteiger partial charge in [-0.15, -0.1) is 11.8 Å². The third-order valence-electron chi connectivity index (χ3n) is 5.97. The maximum absolute atomic E-state index is 13.3. The molecule has 1 aliphatic rings. The molecule has 1 N–H and O–H groups in total. The van der Waals surface area contributed by atoms with Crippen LogP contribution in [-0.4, -0.2) is 41.1 Å². The summed E-state index contributed by atoms with van der Waals surface area (Å²) in [5.41, 5.74) is 1.17. The molecule has 32 heavy (non-hydrogen) atoms. The zero-order valence-corrected chi connectivity index (χ0v) is 20.3. The largest absolute Gasteiger partial charge is 0.352 e. The third-order valence-corrected chi connectivity index (χ3v) is 7.24. The molecule has 6 heteroatoms. The first-order valence-corrected chi connectivity index (χ1v) is 12.9. The van der Waals surface area contributed by atoms with Crippen LogP contribution in [-0.2, 0) is 16.0 Å². The summed E-state index contributed by atoms with van der Waals surface area (Å²) >= 11 is 7.59. The Kier molecular flexibility index (Phi) is 9.94. The molecule has 1 atom stereocenters. The molecule has 1 saturated carbocycles. The van der Waals surface area contributed by atoms with Crippen LogP contribution < -0.4 is 5.32 Å². The molecule has 2 aromatic carbocycles. The van der Waals surface area contributed by atoms with Gasteiger partial charge in [-0.1, -0.05) is 61.7 Å². The van der Waals surface area contributed by atoms with Crippen LogP contribution >= 0.6 is 23.4 Å². The molecular formula is C26H33ClN2O2S. The second kappa shape index (κ2) is 12.9. The quantitative estimate of drug-likeness (QED) is 0.425. The van der Waals surface area contributed by atoms with E-state index >= 15 is 0 Å². The van der Waals surface area contributed by atoms with Gasteiger partial charge < -0.3 is 10.2 Å². The van der Waals surface area contributed by atoms with Crippen molar-refractivity contribution in [2.24, 2.45) is 0 Å². The van der Waals surface area contributed by atoms with Gasteiger partial charge in [-0.25, -0.2) is 0 Å². The molecule has 1 fully saturated rings. The maximum atomic E-state index is 13.3. The zero-order valence-electron chi connectivity index (χ0n) is 18.8. The van der Waals surface area contributed by atoms with Crippen molar-refractivity contribution in [1.82, 2.24) is 10.2 Å². The molecule has 0 spiro atoms. The summed E-state index contributed by atoms with van der Waals surface area (Å²) in [7, 11) is 0. The van der Waals surface area contributed by atoms with Crippen LogP contribution in [0.1, 0.15) is 51.0 Å². The van der Waals surface area contributed by atoms with Gasteiger partial charge in [0.1, 0.15) is 6.04 Å². The van der Waals surface area contributed by atoms with E-state index in [0.717, 1.165) is 24.2 Å². The average molecular weight is 473 g/mol. The van der Waals surface area contributed by atoms with Gasteiger partial charge in [0.2, 0.25) is 11.8 Å².